The van der Waals surface area contributed by atoms with Crippen molar-refractivity contribution in [2.45, 2.75) is 6.92 Å². The molecule has 1 aromatic carbocycles. The number of amides is 1. The molecule has 1 amide bonds. The Kier molecular flexibility index (Phi) is 3.75. The normalized spacial score (nSPS) is 10.2. The van der Waals surface area contributed by atoms with Crippen LogP contribution in [0.2, 0.25) is 0 Å². The van der Waals surface area contributed by atoms with E-state index in [-0.39, 0.29) is 5.56 Å². The zero-order valence-electron chi connectivity index (χ0n) is 10.5. The monoisotopic (exact) mass is 259 g/mol. The summed E-state index contributed by atoms with van der Waals surface area (Å²) in [5.74, 6) is -1.07. The second kappa shape index (κ2) is 5.48. The summed E-state index contributed by atoms with van der Waals surface area (Å²) in [4.78, 5) is 17.4. The van der Waals surface area contributed by atoms with E-state index in [1.54, 1.807) is 24.3 Å². The SMILES string of the molecule is CCN(C(=O)c1ccncc1F)c1ccccc1N. The molecule has 0 aliphatic heterocycles. The number of carbonyl (C=O) groups is 1. The predicted molar refractivity (Wildman–Crippen MR) is 72.4 cm³/mol. The predicted octanol–water partition coefficient (Wildman–Crippen LogP) is 2.47. The van der Waals surface area contributed by atoms with E-state index in [1.807, 2.05) is 6.92 Å². The molecule has 2 rings (SSSR count). The summed E-state index contributed by atoms with van der Waals surface area (Å²) in [6.07, 6.45) is 2.41. The van der Waals surface area contributed by atoms with Gasteiger partial charge in [-0.1, -0.05) is 12.1 Å². The fourth-order valence-electron chi connectivity index (χ4n) is 1.85. The first-order chi connectivity index (χ1) is 9.15. The number of aromatic nitrogens is 1. The van der Waals surface area contributed by atoms with E-state index < -0.39 is 11.7 Å². The maximum atomic E-state index is 13.6. The summed E-state index contributed by atoms with van der Waals surface area (Å²) in [6.45, 7) is 2.21. The van der Waals surface area contributed by atoms with Crippen LogP contribution in [0.1, 0.15) is 17.3 Å². The number of carbonyl (C=O) groups excluding carboxylic acids is 1. The lowest BCUT2D eigenvalue weighted by Crippen LogP contribution is -2.32. The molecule has 98 valence electrons. The van der Waals surface area contributed by atoms with Crippen LogP contribution in [0.15, 0.2) is 42.7 Å². The fourth-order valence-corrected chi connectivity index (χ4v) is 1.85. The Morgan fingerprint density at radius 3 is 2.74 bits per heavy atom. The number of hydrogen-bond donors (Lipinski definition) is 1. The molecule has 0 unspecified atom stereocenters. The molecule has 2 aromatic rings. The highest BCUT2D eigenvalue weighted by atomic mass is 19.1. The van der Waals surface area contributed by atoms with Gasteiger partial charge in [-0.15, -0.1) is 0 Å². The van der Waals surface area contributed by atoms with Crippen molar-refractivity contribution >= 4 is 17.3 Å². The zero-order chi connectivity index (χ0) is 13.8. The minimum Gasteiger partial charge on any atom is -0.397 e. The van der Waals surface area contributed by atoms with E-state index in [9.17, 15) is 9.18 Å². The summed E-state index contributed by atoms with van der Waals surface area (Å²) >= 11 is 0. The van der Waals surface area contributed by atoms with Crippen LogP contribution < -0.4 is 10.6 Å². The lowest BCUT2D eigenvalue weighted by molar-refractivity contribution is 0.0984. The Bertz CT molecular complexity index is 601. The first-order valence-electron chi connectivity index (χ1n) is 5.91. The standard InChI is InChI=1S/C14H14FN3O/c1-2-18(13-6-4-3-5-12(13)16)14(19)10-7-8-17-9-11(10)15/h3-9H,2,16H2,1H3. The first-order valence-corrected chi connectivity index (χ1v) is 5.91. The molecule has 0 atom stereocenters. The topological polar surface area (TPSA) is 59.2 Å². The molecule has 0 radical (unpaired) electrons. The van der Waals surface area contributed by atoms with Crippen molar-refractivity contribution in [3.63, 3.8) is 0 Å². The van der Waals surface area contributed by atoms with Gasteiger partial charge in [0.1, 0.15) is 0 Å². The van der Waals surface area contributed by atoms with Gasteiger partial charge in [0.05, 0.1) is 23.1 Å². The van der Waals surface area contributed by atoms with Gasteiger partial charge < -0.3 is 10.6 Å². The van der Waals surface area contributed by atoms with Crippen LogP contribution >= 0.6 is 0 Å². The molecular weight excluding hydrogens is 245 g/mol. The third-order valence-corrected chi connectivity index (χ3v) is 2.79. The number of nitrogens with two attached hydrogens (primary N) is 1. The minimum atomic E-state index is -0.638. The van der Waals surface area contributed by atoms with E-state index >= 15 is 0 Å². The van der Waals surface area contributed by atoms with Crippen LogP contribution in [-0.4, -0.2) is 17.4 Å². The van der Waals surface area contributed by atoms with E-state index in [0.29, 0.717) is 17.9 Å². The van der Waals surface area contributed by atoms with Gasteiger partial charge in [0.2, 0.25) is 0 Å². The van der Waals surface area contributed by atoms with E-state index in [2.05, 4.69) is 4.98 Å². The third kappa shape index (κ3) is 2.54. The highest BCUT2D eigenvalue weighted by Crippen LogP contribution is 2.24. The number of para-hydroxylation sites is 2. The molecule has 0 aliphatic carbocycles. The van der Waals surface area contributed by atoms with Gasteiger partial charge in [-0.05, 0) is 25.1 Å². The summed E-state index contributed by atoms with van der Waals surface area (Å²) in [5, 5.41) is 0. The number of anilines is 2. The van der Waals surface area contributed by atoms with Crippen LogP contribution in [-0.2, 0) is 0 Å². The van der Waals surface area contributed by atoms with Gasteiger partial charge in [-0.2, -0.15) is 0 Å². The summed E-state index contributed by atoms with van der Waals surface area (Å²) in [5.41, 5.74) is 6.89. The van der Waals surface area contributed by atoms with Crippen LogP contribution in [0.5, 0.6) is 0 Å². The maximum absolute atomic E-state index is 13.6. The third-order valence-electron chi connectivity index (χ3n) is 2.79. The number of nitrogens with zero attached hydrogens (tertiary/aromatic N) is 2. The van der Waals surface area contributed by atoms with Crippen molar-refractivity contribution in [1.82, 2.24) is 4.98 Å². The average Bonchev–Trinajstić information content (AvgIpc) is 2.42. The van der Waals surface area contributed by atoms with Crippen molar-refractivity contribution in [3.8, 4) is 0 Å². The zero-order valence-corrected chi connectivity index (χ0v) is 10.5. The van der Waals surface area contributed by atoms with Gasteiger partial charge in [0.25, 0.3) is 5.91 Å². The lowest BCUT2D eigenvalue weighted by Gasteiger charge is -2.22. The molecule has 2 N–H and O–H groups in total. The lowest BCUT2D eigenvalue weighted by atomic mass is 10.2. The molecule has 0 spiro atoms. The quantitative estimate of drug-likeness (QED) is 0.861. The minimum absolute atomic E-state index is 0.0138. The molecule has 0 fully saturated rings. The number of pyridine rings is 1. The highest BCUT2D eigenvalue weighted by molar-refractivity contribution is 6.07. The molecule has 0 aliphatic rings. The van der Waals surface area contributed by atoms with Crippen molar-refractivity contribution in [2.24, 2.45) is 0 Å². The molecule has 5 heteroatoms. The van der Waals surface area contributed by atoms with Gasteiger partial charge in [-0.25, -0.2) is 4.39 Å². The Labute approximate surface area is 110 Å². The first kappa shape index (κ1) is 13.0. The molecule has 4 nitrogen and oxygen atoms in total. The van der Waals surface area contributed by atoms with Crippen LogP contribution in [0.25, 0.3) is 0 Å². The molecule has 1 aromatic heterocycles. The van der Waals surface area contributed by atoms with Crippen LogP contribution in [0.4, 0.5) is 15.8 Å². The second-order valence-corrected chi connectivity index (χ2v) is 3.96. The maximum Gasteiger partial charge on any atom is 0.261 e. The van der Waals surface area contributed by atoms with Crippen LogP contribution in [0, 0.1) is 5.82 Å². The fraction of sp³-hybridized carbons (Fsp3) is 0.143. The van der Waals surface area contributed by atoms with E-state index in [1.165, 1.54) is 17.2 Å². The average molecular weight is 259 g/mol. The number of benzene rings is 1. The summed E-state index contributed by atoms with van der Waals surface area (Å²) in [7, 11) is 0. The molecule has 0 bridgehead atoms. The number of halogens is 1. The Balaban J connectivity index is 2.41. The Morgan fingerprint density at radius 2 is 2.11 bits per heavy atom. The smallest absolute Gasteiger partial charge is 0.261 e. The van der Waals surface area contributed by atoms with Gasteiger partial charge in [-0.3, -0.25) is 9.78 Å². The van der Waals surface area contributed by atoms with Crippen LogP contribution in [0.3, 0.4) is 0 Å². The summed E-state index contributed by atoms with van der Waals surface area (Å²) in [6, 6.07) is 8.36. The van der Waals surface area contributed by atoms with Gasteiger partial charge in [0.15, 0.2) is 5.82 Å². The molecular formula is C14H14FN3O. The molecule has 0 saturated heterocycles. The number of hydrogen-bond acceptors (Lipinski definition) is 3. The molecule has 19 heavy (non-hydrogen) atoms. The number of nitrogen functional groups attached to an aromatic ring is 1. The van der Waals surface area contributed by atoms with Crippen molar-refractivity contribution < 1.29 is 9.18 Å². The molecule has 1 heterocycles. The van der Waals surface area contributed by atoms with Gasteiger partial charge in [0, 0.05) is 12.7 Å². The van der Waals surface area contributed by atoms with Gasteiger partial charge >= 0.3 is 0 Å². The van der Waals surface area contributed by atoms with E-state index in [4.69, 9.17) is 5.73 Å². The molecule has 0 saturated carbocycles. The Hall–Kier alpha value is -2.43. The van der Waals surface area contributed by atoms with E-state index in [0.717, 1.165) is 6.20 Å². The largest absolute Gasteiger partial charge is 0.397 e. The van der Waals surface area contributed by atoms with Crippen molar-refractivity contribution in [2.75, 3.05) is 17.2 Å². The highest BCUT2D eigenvalue weighted by Gasteiger charge is 2.20. The number of rotatable bonds is 3. The van der Waals surface area contributed by atoms with Crippen molar-refractivity contribution in [3.05, 3.63) is 54.1 Å². The summed E-state index contributed by atoms with van der Waals surface area (Å²) < 4.78 is 13.6. The Morgan fingerprint density at radius 1 is 1.37 bits per heavy atom. The second-order valence-electron chi connectivity index (χ2n) is 3.96. The van der Waals surface area contributed by atoms with Crippen molar-refractivity contribution in [1.29, 1.82) is 0 Å².